The van der Waals surface area contributed by atoms with E-state index >= 15 is 0 Å². The Balaban J connectivity index is 1.68. The molecule has 1 aromatic carbocycles. The number of hydroxylamine groups is 2. The second kappa shape index (κ2) is 6.73. The molecule has 6 nitrogen and oxygen atoms in total. The zero-order valence-electron chi connectivity index (χ0n) is 16.9. The number of ether oxygens (including phenoxy) is 2. The molecule has 1 saturated carbocycles. The van der Waals surface area contributed by atoms with E-state index < -0.39 is 23.5 Å². The topological polar surface area (TPSA) is 65.1 Å². The van der Waals surface area contributed by atoms with Gasteiger partial charge in [0.25, 0.3) is 0 Å². The number of amides is 1. The Morgan fingerprint density at radius 2 is 1.67 bits per heavy atom. The van der Waals surface area contributed by atoms with Crippen LogP contribution >= 0.6 is 0 Å². The third kappa shape index (κ3) is 4.73. The molecular weight excluding hydrogens is 346 g/mol. The monoisotopic (exact) mass is 375 g/mol. The molecule has 0 heterocycles. The third-order valence-electron chi connectivity index (χ3n) is 4.75. The summed E-state index contributed by atoms with van der Waals surface area (Å²) in [5.41, 5.74) is 1.33. The number of hydrogen-bond acceptors (Lipinski definition) is 5. The Kier molecular flexibility index (Phi) is 4.87. The summed E-state index contributed by atoms with van der Waals surface area (Å²) >= 11 is 0. The van der Waals surface area contributed by atoms with Crippen LogP contribution in [0.25, 0.3) is 0 Å². The van der Waals surface area contributed by atoms with E-state index in [9.17, 15) is 9.59 Å². The lowest BCUT2D eigenvalue weighted by Gasteiger charge is -2.27. The minimum atomic E-state index is -0.903. The molecule has 3 rings (SSSR count). The first-order valence-electron chi connectivity index (χ1n) is 9.44. The molecule has 2 aliphatic rings. The van der Waals surface area contributed by atoms with Crippen molar-refractivity contribution in [2.24, 2.45) is 11.8 Å². The molecule has 3 unspecified atom stereocenters. The maximum Gasteiger partial charge on any atom is 0.534 e. The highest BCUT2D eigenvalue weighted by molar-refractivity contribution is 5.70. The van der Waals surface area contributed by atoms with Crippen molar-refractivity contribution in [2.45, 2.75) is 65.1 Å². The van der Waals surface area contributed by atoms with Crippen molar-refractivity contribution in [1.29, 1.82) is 0 Å². The van der Waals surface area contributed by atoms with Crippen LogP contribution in [-0.4, -0.2) is 35.1 Å². The number of rotatable bonds is 2. The molecule has 0 spiro atoms. The van der Waals surface area contributed by atoms with Gasteiger partial charge >= 0.3 is 12.2 Å². The van der Waals surface area contributed by atoms with Gasteiger partial charge in [-0.1, -0.05) is 24.3 Å². The van der Waals surface area contributed by atoms with Gasteiger partial charge < -0.3 is 14.3 Å². The molecular formula is C21H29NO5. The van der Waals surface area contributed by atoms with Gasteiger partial charge in [-0.2, -0.15) is 0 Å². The van der Waals surface area contributed by atoms with Gasteiger partial charge in [0.15, 0.2) is 0 Å². The van der Waals surface area contributed by atoms with E-state index in [0.717, 1.165) is 11.5 Å². The van der Waals surface area contributed by atoms with E-state index in [2.05, 4.69) is 18.2 Å². The van der Waals surface area contributed by atoms with Crippen LogP contribution in [0.3, 0.4) is 0 Å². The zero-order chi connectivity index (χ0) is 20.0. The van der Waals surface area contributed by atoms with E-state index in [0.29, 0.717) is 18.4 Å². The van der Waals surface area contributed by atoms with Crippen LogP contribution in [0.15, 0.2) is 24.3 Å². The number of carbonyl (C=O) groups excluding carboxylic acids is 2. The average Bonchev–Trinajstić information content (AvgIpc) is 3.00. The molecule has 1 aromatic rings. The van der Waals surface area contributed by atoms with Gasteiger partial charge in [-0.3, -0.25) is 0 Å². The molecule has 0 aromatic heterocycles. The first kappa shape index (κ1) is 19.5. The molecule has 0 saturated heterocycles. The number of hydrogen-bond donors (Lipinski definition) is 0. The van der Waals surface area contributed by atoms with Crippen molar-refractivity contribution in [3.8, 4) is 0 Å². The lowest BCUT2D eigenvalue weighted by atomic mass is 10.0. The van der Waals surface area contributed by atoms with Crippen LogP contribution in [0.5, 0.6) is 0 Å². The summed E-state index contributed by atoms with van der Waals surface area (Å²) in [6.07, 6.45) is -0.578. The second-order valence-electron chi connectivity index (χ2n) is 9.35. The van der Waals surface area contributed by atoms with Crippen molar-refractivity contribution in [2.75, 3.05) is 6.54 Å². The van der Waals surface area contributed by atoms with Crippen LogP contribution in [-0.2, 0) is 20.7 Å². The first-order valence-corrected chi connectivity index (χ1v) is 9.44. The summed E-state index contributed by atoms with van der Waals surface area (Å²) in [5, 5.41) is 1.02. The van der Waals surface area contributed by atoms with E-state index in [-0.39, 0.29) is 5.92 Å². The smallest absolute Gasteiger partial charge is 0.442 e. The molecule has 2 aliphatic carbocycles. The van der Waals surface area contributed by atoms with Gasteiger partial charge in [0.2, 0.25) is 0 Å². The molecule has 1 fully saturated rings. The van der Waals surface area contributed by atoms with Crippen molar-refractivity contribution in [3.05, 3.63) is 35.4 Å². The minimum Gasteiger partial charge on any atom is -0.442 e. The Hall–Kier alpha value is -2.24. The molecule has 0 bridgehead atoms. The molecule has 0 radical (unpaired) electrons. The second-order valence-corrected chi connectivity index (χ2v) is 9.35. The highest BCUT2D eigenvalue weighted by Gasteiger charge is 2.56. The van der Waals surface area contributed by atoms with Crippen LogP contribution in [0.1, 0.15) is 58.6 Å². The van der Waals surface area contributed by atoms with Crippen LogP contribution in [0, 0.1) is 11.8 Å². The summed E-state index contributed by atoms with van der Waals surface area (Å²) in [4.78, 5) is 29.9. The molecule has 0 N–H and O–H groups in total. The highest BCUT2D eigenvalue weighted by atomic mass is 16.8. The number of carbonyl (C=O) groups is 2. The van der Waals surface area contributed by atoms with E-state index in [1.54, 1.807) is 41.5 Å². The summed E-state index contributed by atoms with van der Waals surface area (Å²) in [6.45, 7) is 10.9. The lowest BCUT2D eigenvalue weighted by Crippen LogP contribution is -2.41. The molecule has 148 valence electrons. The van der Waals surface area contributed by atoms with Crippen molar-refractivity contribution >= 4 is 12.2 Å². The van der Waals surface area contributed by atoms with Gasteiger partial charge in [0.1, 0.15) is 11.2 Å². The normalized spacial score (nSPS) is 23.1. The van der Waals surface area contributed by atoms with E-state index in [1.807, 2.05) is 6.07 Å². The number of fused-ring (bicyclic) bond motifs is 3. The standard InChI is InChI=1S/C21H29NO5/c1-20(2,3)25-18(23)22(27-19(24)26-21(4,5)6)12-16-15-11-13-9-7-8-10-14(13)17(15)16/h7-10,15-17H,11-12H2,1-6H3. The van der Waals surface area contributed by atoms with Crippen LogP contribution < -0.4 is 0 Å². The van der Waals surface area contributed by atoms with Crippen molar-refractivity contribution in [1.82, 2.24) is 5.06 Å². The zero-order valence-corrected chi connectivity index (χ0v) is 16.9. The molecule has 0 aliphatic heterocycles. The quantitative estimate of drug-likeness (QED) is 0.555. The third-order valence-corrected chi connectivity index (χ3v) is 4.75. The summed E-state index contributed by atoms with van der Waals surface area (Å²) in [6, 6.07) is 8.39. The SMILES string of the molecule is CC(C)(C)OC(=O)ON(CC1C2Cc3ccccc3C21)C(=O)OC(C)(C)C. The Labute approximate surface area is 160 Å². The largest absolute Gasteiger partial charge is 0.534 e. The maximum atomic E-state index is 12.6. The van der Waals surface area contributed by atoms with Crippen molar-refractivity contribution in [3.63, 3.8) is 0 Å². The molecule has 1 amide bonds. The van der Waals surface area contributed by atoms with Gasteiger partial charge in [-0.05, 0) is 76.8 Å². The summed E-state index contributed by atoms with van der Waals surface area (Å²) < 4.78 is 10.6. The minimum absolute atomic E-state index is 0.259. The molecule has 27 heavy (non-hydrogen) atoms. The average molecular weight is 375 g/mol. The Bertz CT molecular complexity index is 731. The molecule has 6 heteroatoms. The summed E-state index contributed by atoms with van der Waals surface area (Å²) in [5.74, 6) is 1.15. The van der Waals surface area contributed by atoms with Gasteiger partial charge in [0, 0.05) is 0 Å². The Morgan fingerprint density at radius 3 is 2.30 bits per heavy atom. The fraction of sp³-hybridized carbons (Fsp3) is 0.619. The predicted molar refractivity (Wildman–Crippen MR) is 100 cm³/mol. The van der Waals surface area contributed by atoms with Gasteiger partial charge in [0.05, 0.1) is 6.54 Å². The summed E-state index contributed by atoms with van der Waals surface area (Å²) in [7, 11) is 0. The van der Waals surface area contributed by atoms with Crippen molar-refractivity contribution < 1.29 is 23.9 Å². The fourth-order valence-electron chi connectivity index (χ4n) is 3.74. The predicted octanol–water partition coefficient (Wildman–Crippen LogP) is 4.68. The lowest BCUT2D eigenvalue weighted by molar-refractivity contribution is -0.138. The Morgan fingerprint density at radius 1 is 1.04 bits per heavy atom. The van der Waals surface area contributed by atoms with Gasteiger partial charge in [-0.25, -0.2) is 9.59 Å². The highest BCUT2D eigenvalue weighted by Crippen LogP contribution is 2.61. The first-order chi connectivity index (χ1) is 12.4. The number of nitrogens with zero attached hydrogens (tertiary/aromatic N) is 1. The number of benzene rings is 1. The maximum absolute atomic E-state index is 12.6. The van der Waals surface area contributed by atoms with Crippen LogP contribution in [0.2, 0.25) is 0 Å². The molecule has 3 atom stereocenters. The van der Waals surface area contributed by atoms with Crippen LogP contribution in [0.4, 0.5) is 9.59 Å². The fourth-order valence-corrected chi connectivity index (χ4v) is 3.74. The van der Waals surface area contributed by atoms with E-state index in [4.69, 9.17) is 14.3 Å². The van der Waals surface area contributed by atoms with E-state index in [1.165, 1.54) is 11.1 Å². The van der Waals surface area contributed by atoms with Gasteiger partial charge in [-0.15, -0.1) is 5.06 Å².